The monoisotopic (exact) mass is 383 g/mol. The van der Waals surface area contributed by atoms with E-state index in [0.717, 1.165) is 23.0 Å². The molecule has 0 radical (unpaired) electrons. The molecular formula is C17H23F2N5OS. The predicted octanol–water partition coefficient (Wildman–Crippen LogP) is 2.62. The number of halogens is 2. The lowest BCUT2D eigenvalue weighted by molar-refractivity contribution is 0.304. The van der Waals surface area contributed by atoms with Gasteiger partial charge in [-0.05, 0) is 19.1 Å². The first-order valence-corrected chi connectivity index (χ1v) is 9.09. The number of aliphatic imine (C=N–C) groups is 1. The number of aromatic nitrogens is 1. The van der Waals surface area contributed by atoms with Gasteiger partial charge in [-0.2, -0.15) is 0 Å². The minimum Gasteiger partial charge on any atom is -0.489 e. The van der Waals surface area contributed by atoms with E-state index in [1.165, 1.54) is 6.07 Å². The number of anilines is 1. The molecule has 142 valence electrons. The van der Waals surface area contributed by atoms with Crippen LogP contribution in [0.5, 0.6) is 5.75 Å². The van der Waals surface area contributed by atoms with Crippen LogP contribution in [0.4, 0.5) is 13.9 Å². The Balaban J connectivity index is 1.82. The molecule has 1 heterocycles. The molecule has 0 spiro atoms. The molecule has 0 amide bonds. The Kier molecular flexibility index (Phi) is 7.58. The molecule has 6 nitrogen and oxygen atoms in total. The van der Waals surface area contributed by atoms with Crippen molar-refractivity contribution >= 4 is 22.4 Å². The van der Waals surface area contributed by atoms with Gasteiger partial charge in [0.15, 0.2) is 22.7 Å². The molecular weight excluding hydrogens is 360 g/mol. The zero-order chi connectivity index (χ0) is 18.9. The zero-order valence-electron chi connectivity index (χ0n) is 15.1. The number of hydrogen-bond donors (Lipinski definition) is 2. The summed E-state index contributed by atoms with van der Waals surface area (Å²) in [6.45, 7) is 3.76. The van der Waals surface area contributed by atoms with Crippen molar-refractivity contribution in [1.29, 1.82) is 0 Å². The lowest BCUT2D eigenvalue weighted by atomic mass is 10.3. The Morgan fingerprint density at radius 1 is 1.31 bits per heavy atom. The molecule has 1 aromatic heterocycles. The Morgan fingerprint density at radius 3 is 2.77 bits per heavy atom. The maximum absolute atomic E-state index is 13.5. The average Bonchev–Trinajstić information content (AvgIpc) is 3.07. The molecule has 0 saturated carbocycles. The summed E-state index contributed by atoms with van der Waals surface area (Å²) < 4.78 is 31.7. The van der Waals surface area contributed by atoms with Gasteiger partial charge < -0.3 is 20.3 Å². The fourth-order valence-electron chi connectivity index (χ4n) is 2.00. The van der Waals surface area contributed by atoms with Crippen LogP contribution in [0.1, 0.15) is 12.6 Å². The van der Waals surface area contributed by atoms with E-state index in [-0.39, 0.29) is 12.4 Å². The van der Waals surface area contributed by atoms with Crippen molar-refractivity contribution in [3.05, 3.63) is 40.9 Å². The van der Waals surface area contributed by atoms with E-state index < -0.39 is 11.6 Å². The van der Waals surface area contributed by atoms with Gasteiger partial charge in [-0.1, -0.05) is 0 Å². The van der Waals surface area contributed by atoms with E-state index in [9.17, 15) is 8.78 Å². The van der Waals surface area contributed by atoms with Crippen LogP contribution in [0.3, 0.4) is 0 Å². The largest absolute Gasteiger partial charge is 0.489 e. The first kappa shape index (κ1) is 19.9. The normalized spacial score (nSPS) is 11.3. The van der Waals surface area contributed by atoms with Crippen molar-refractivity contribution in [2.75, 3.05) is 38.7 Å². The Morgan fingerprint density at radius 2 is 2.12 bits per heavy atom. The molecule has 0 atom stereocenters. The van der Waals surface area contributed by atoms with Crippen molar-refractivity contribution in [2.45, 2.75) is 13.5 Å². The second kappa shape index (κ2) is 9.91. The summed E-state index contributed by atoms with van der Waals surface area (Å²) in [5.74, 6) is -0.705. The molecule has 2 N–H and O–H groups in total. The van der Waals surface area contributed by atoms with Crippen LogP contribution in [0.25, 0.3) is 0 Å². The fourth-order valence-corrected chi connectivity index (χ4v) is 2.75. The summed E-state index contributed by atoms with van der Waals surface area (Å²) in [5, 5.41) is 9.14. The van der Waals surface area contributed by atoms with Crippen molar-refractivity contribution in [3.63, 3.8) is 0 Å². The van der Waals surface area contributed by atoms with Crippen molar-refractivity contribution in [2.24, 2.45) is 4.99 Å². The average molecular weight is 383 g/mol. The smallest absolute Gasteiger partial charge is 0.191 e. The third kappa shape index (κ3) is 6.14. The van der Waals surface area contributed by atoms with Gasteiger partial charge in [0.1, 0.15) is 12.4 Å². The molecule has 9 heteroatoms. The first-order valence-electron chi connectivity index (χ1n) is 8.21. The molecule has 2 rings (SSSR count). The quantitative estimate of drug-likeness (QED) is 0.417. The predicted molar refractivity (Wildman–Crippen MR) is 101 cm³/mol. The number of benzene rings is 1. The number of rotatable bonds is 8. The van der Waals surface area contributed by atoms with Gasteiger partial charge in [0.05, 0.1) is 18.8 Å². The molecule has 0 unspecified atom stereocenters. The molecule has 0 aliphatic rings. The van der Waals surface area contributed by atoms with Gasteiger partial charge in [0.25, 0.3) is 0 Å². The van der Waals surface area contributed by atoms with Crippen molar-refractivity contribution < 1.29 is 13.5 Å². The number of nitrogens with zero attached hydrogens (tertiary/aromatic N) is 3. The number of hydrogen-bond acceptors (Lipinski definition) is 5. The number of thiazole rings is 1. The van der Waals surface area contributed by atoms with Crippen LogP contribution in [-0.4, -0.2) is 44.7 Å². The summed E-state index contributed by atoms with van der Waals surface area (Å²) in [6.07, 6.45) is 0. The lowest BCUT2D eigenvalue weighted by Crippen LogP contribution is -2.39. The Labute approximate surface area is 155 Å². The summed E-state index contributed by atoms with van der Waals surface area (Å²) in [6, 6.07) is 3.23. The molecule has 0 fully saturated rings. The fraction of sp³-hybridized carbons (Fsp3) is 0.412. The minimum absolute atomic E-state index is 0.0221. The molecule has 0 aliphatic heterocycles. The summed E-state index contributed by atoms with van der Waals surface area (Å²) in [5.41, 5.74) is 0.889. The highest BCUT2D eigenvalue weighted by Crippen LogP contribution is 2.18. The second-order valence-electron chi connectivity index (χ2n) is 5.56. The van der Waals surface area contributed by atoms with E-state index in [1.54, 1.807) is 11.3 Å². The molecule has 0 saturated heterocycles. The maximum atomic E-state index is 13.5. The summed E-state index contributed by atoms with van der Waals surface area (Å²) >= 11 is 1.57. The van der Waals surface area contributed by atoms with Crippen molar-refractivity contribution in [3.8, 4) is 5.75 Å². The Hall–Kier alpha value is -2.42. The van der Waals surface area contributed by atoms with Crippen LogP contribution < -0.4 is 20.3 Å². The lowest BCUT2D eigenvalue weighted by Gasteiger charge is -2.12. The van der Waals surface area contributed by atoms with E-state index in [1.807, 2.05) is 31.3 Å². The minimum atomic E-state index is -0.717. The van der Waals surface area contributed by atoms with E-state index in [2.05, 4.69) is 20.6 Å². The maximum Gasteiger partial charge on any atom is 0.191 e. The third-order valence-electron chi connectivity index (χ3n) is 3.21. The molecule has 0 aliphatic carbocycles. The number of guanidine groups is 1. The summed E-state index contributed by atoms with van der Waals surface area (Å²) in [4.78, 5) is 10.9. The van der Waals surface area contributed by atoms with Crippen LogP contribution in [0, 0.1) is 11.6 Å². The van der Waals surface area contributed by atoms with Crippen LogP contribution in [0.2, 0.25) is 0 Å². The number of ether oxygens (including phenoxy) is 1. The molecule has 0 bridgehead atoms. The van der Waals surface area contributed by atoms with Gasteiger partial charge in [-0.25, -0.2) is 18.8 Å². The van der Waals surface area contributed by atoms with Crippen molar-refractivity contribution in [1.82, 2.24) is 15.6 Å². The SMILES string of the molecule is CCNC(=NCc1csc(N(C)C)n1)NCCOc1ccc(F)cc1F. The summed E-state index contributed by atoms with van der Waals surface area (Å²) in [7, 11) is 3.89. The van der Waals surface area contributed by atoms with Crippen LogP contribution in [-0.2, 0) is 6.54 Å². The van der Waals surface area contributed by atoms with Gasteiger partial charge >= 0.3 is 0 Å². The van der Waals surface area contributed by atoms with Gasteiger partial charge in [-0.15, -0.1) is 11.3 Å². The second-order valence-corrected chi connectivity index (χ2v) is 6.40. The van der Waals surface area contributed by atoms with Gasteiger partial charge in [0, 0.05) is 32.1 Å². The van der Waals surface area contributed by atoms with Crippen LogP contribution >= 0.6 is 11.3 Å². The highest BCUT2D eigenvalue weighted by atomic mass is 32.1. The van der Waals surface area contributed by atoms with E-state index in [0.29, 0.717) is 25.6 Å². The Bertz CT molecular complexity index is 736. The topological polar surface area (TPSA) is 61.8 Å². The highest BCUT2D eigenvalue weighted by Gasteiger charge is 2.06. The molecule has 1 aromatic carbocycles. The van der Waals surface area contributed by atoms with E-state index in [4.69, 9.17) is 4.74 Å². The van der Waals surface area contributed by atoms with Gasteiger partial charge in [0.2, 0.25) is 0 Å². The highest BCUT2D eigenvalue weighted by molar-refractivity contribution is 7.13. The zero-order valence-corrected chi connectivity index (χ0v) is 15.9. The molecule has 26 heavy (non-hydrogen) atoms. The standard InChI is InChI=1S/C17H23F2N5OS/c1-4-20-16(22-10-13-11-26-17(23-13)24(2)3)21-7-8-25-15-6-5-12(18)9-14(15)19/h5-6,9,11H,4,7-8,10H2,1-3H3,(H2,20,21,22). The third-order valence-corrected chi connectivity index (χ3v) is 4.27. The van der Waals surface area contributed by atoms with Gasteiger partial charge in [-0.3, -0.25) is 0 Å². The first-order chi connectivity index (χ1) is 12.5. The molecule has 2 aromatic rings. The number of nitrogens with one attached hydrogen (secondary N) is 2. The van der Waals surface area contributed by atoms with Crippen LogP contribution in [0.15, 0.2) is 28.6 Å². The van der Waals surface area contributed by atoms with E-state index >= 15 is 0 Å².